The zero-order chi connectivity index (χ0) is 18.3. The average molecular weight is 347 g/mol. The van der Waals surface area contributed by atoms with Crippen LogP contribution in [0.2, 0.25) is 0 Å². The topological polar surface area (TPSA) is 61.7 Å². The summed E-state index contributed by atoms with van der Waals surface area (Å²) in [5.74, 6) is 0.210. The number of rotatable bonds is 13. The highest BCUT2D eigenvalue weighted by Gasteiger charge is 2.04. The summed E-state index contributed by atoms with van der Waals surface area (Å²) in [6, 6.07) is 6.88. The Morgan fingerprint density at radius 1 is 0.920 bits per heavy atom. The molecule has 0 atom stereocenters. The predicted octanol–water partition coefficient (Wildman–Crippen LogP) is 5.54. The van der Waals surface area contributed by atoms with E-state index in [1.807, 2.05) is 19.1 Å². The highest BCUT2D eigenvalue weighted by Crippen LogP contribution is 2.12. The number of phenols is 1. The number of nitrogens with zero attached hydrogens (tertiary/aromatic N) is 1. The van der Waals surface area contributed by atoms with Gasteiger partial charge in [0.2, 0.25) is 5.91 Å². The molecule has 4 nitrogen and oxygen atoms in total. The molecular weight excluding hydrogens is 312 g/mol. The SMILES string of the molecule is CCCCCCCCCCCC(=O)NN=C(CC)c1ccc(O)cc1. The lowest BCUT2D eigenvalue weighted by Gasteiger charge is -2.06. The molecule has 0 aliphatic rings. The van der Waals surface area contributed by atoms with E-state index in [-0.39, 0.29) is 11.7 Å². The molecule has 0 saturated carbocycles. The van der Waals surface area contributed by atoms with Gasteiger partial charge in [0.05, 0.1) is 5.71 Å². The lowest BCUT2D eigenvalue weighted by atomic mass is 10.1. The molecule has 0 aliphatic heterocycles. The van der Waals surface area contributed by atoms with Gasteiger partial charge in [0.15, 0.2) is 0 Å². The molecule has 25 heavy (non-hydrogen) atoms. The number of hydrogen-bond acceptors (Lipinski definition) is 3. The summed E-state index contributed by atoms with van der Waals surface area (Å²) in [5.41, 5.74) is 4.40. The smallest absolute Gasteiger partial charge is 0.240 e. The van der Waals surface area contributed by atoms with Crippen molar-refractivity contribution in [1.29, 1.82) is 0 Å². The molecule has 0 saturated heterocycles. The first kappa shape index (κ1) is 21.2. The maximum Gasteiger partial charge on any atom is 0.240 e. The zero-order valence-electron chi connectivity index (χ0n) is 15.9. The Kier molecular flexibility index (Phi) is 11.4. The largest absolute Gasteiger partial charge is 0.508 e. The van der Waals surface area contributed by atoms with Gasteiger partial charge >= 0.3 is 0 Å². The van der Waals surface area contributed by atoms with E-state index >= 15 is 0 Å². The second-order valence-corrected chi connectivity index (χ2v) is 6.57. The number of phenolic OH excluding ortho intramolecular Hbond substituents is 1. The number of aromatic hydroxyl groups is 1. The Morgan fingerprint density at radius 3 is 2.04 bits per heavy atom. The van der Waals surface area contributed by atoms with Gasteiger partial charge in [-0.15, -0.1) is 0 Å². The number of hydrazone groups is 1. The lowest BCUT2D eigenvalue weighted by molar-refractivity contribution is -0.121. The minimum Gasteiger partial charge on any atom is -0.508 e. The Labute approximate surface area is 152 Å². The van der Waals surface area contributed by atoms with Crippen molar-refractivity contribution < 1.29 is 9.90 Å². The highest BCUT2D eigenvalue weighted by atomic mass is 16.3. The molecule has 140 valence electrons. The quantitative estimate of drug-likeness (QED) is 0.280. The van der Waals surface area contributed by atoms with E-state index in [2.05, 4.69) is 17.5 Å². The van der Waals surface area contributed by atoms with Crippen LogP contribution in [-0.4, -0.2) is 16.7 Å². The Bertz CT molecular complexity index is 509. The fraction of sp³-hybridized carbons (Fsp3) is 0.619. The molecule has 0 unspecified atom stereocenters. The first-order chi connectivity index (χ1) is 12.2. The minimum absolute atomic E-state index is 0.0207. The lowest BCUT2D eigenvalue weighted by Crippen LogP contribution is -2.19. The van der Waals surface area contributed by atoms with Gasteiger partial charge in [-0.1, -0.05) is 65.2 Å². The van der Waals surface area contributed by atoms with E-state index in [4.69, 9.17) is 0 Å². The molecule has 0 fully saturated rings. The molecule has 4 heteroatoms. The van der Waals surface area contributed by atoms with Crippen LogP contribution in [-0.2, 0) is 4.79 Å². The fourth-order valence-electron chi connectivity index (χ4n) is 2.78. The summed E-state index contributed by atoms with van der Waals surface area (Å²) >= 11 is 0. The minimum atomic E-state index is -0.0207. The first-order valence-electron chi connectivity index (χ1n) is 9.82. The van der Waals surface area contributed by atoms with Crippen molar-refractivity contribution in [2.75, 3.05) is 0 Å². The normalized spacial score (nSPS) is 11.5. The van der Waals surface area contributed by atoms with Crippen LogP contribution >= 0.6 is 0 Å². The maximum atomic E-state index is 11.9. The van der Waals surface area contributed by atoms with Gasteiger partial charge in [-0.25, -0.2) is 5.43 Å². The fourth-order valence-corrected chi connectivity index (χ4v) is 2.78. The number of amides is 1. The van der Waals surface area contributed by atoms with Gasteiger partial charge in [0, 0.05) is 6.42 Å². The number of nitrogens with one attached hydrogen (secondary N) is 1. The molecule has 1 amide bonds. The Hall–Kier alpha value is -1.84. The van der Waals surface area contributed by atoms with E-state index < -0.39 is 0 Å². The van der Waals surface area contributed by atoms with Gasteiger partial charge < -0.3 is 5.11 Å². The van der Waals surface area contributed by atoms with Gasteiger partial charge in [-0.05, 0) is 42.7 Å². The van der Waals surface area contributed by atoms with Gasteiger partial charge in [0.25, 0.3) is 0 Å². The second-order valence-electron chi connectivity index (χ2n) is 6.57. The van der Waals surface area contributed by atoms with E-state index in [0.29, 0.717) is 6.42 Å². The molecule has 1 rings (SSSR count). The van der Waals surface area contributed by atoms with Crippen molar-refractivity contribution in [1.82, 2.24) is 5.43 Å². The Balaban J connectivity index is 2.17. The van der Waals surface area contributed by atoms with Gasteiger partial charge in [-0.2, -0.15) is 5.10 Å². The van der Waals surface area contributed by atoms with Crippen molar-refractivity contribution in [2.45, 2.75) is 84.5 Å². The molecular formula is C21H34N2O2. The Morgan fingerprint density at radius 2 is 1.48 bits per heavy atom. The van der Waals surface area contributed by atoms with Crippen molar-refractivity contribution in [2.24, 2.45) is 5.10 Å². The number of carbonyl (C=O) groups excluding carboxylic acids is 1. The summed E-state index contributed by atoms with van der Waals surface area (Å²) < 4.78 is 0. The molecule has 2 N–H and O–H groups in total. The average Bonchev–Trinajstić information content (AvgIpc) is 2.62. The number of carbonyl (C=O) groups is 1. The summed E-state index contributed by atoms with van der Waals surface area (Å²) in [7, 11) is 0. The third kappa shape index (κ3) is 9.90. The molecule has 0 heterocycles. The zero-order valence-corrected chi connectivity index (χ0v) is 15.9. The van der Waals surface area contributed by atoms with Crippen molar-refractivity contribution in [3.8, 4) is 5.75 Å². The van der Waals surface area contributed by atoms with E-state index in [0.717, 1.165) is 30.5 Å². The third-order valence-corrected chi connectivity index (χ3v) is 4.36. The number of unbranched alkanes of at least 4 members (excludes halogenated alkanes) is 8. The van der Waals surface area contributed by atoms with Crippen LogP contribution in [0.15, 0.2) is 29.4 Å². The molecule has 0 bridgehead atoms. The van der Waals surface area contributed by atoms with Crippen molar-refractivity contribution in [3.05, 3.63) is 29.8 Å². The van der Waals surface area contributed by atoms with Gasteiger partial charge in [-0.3, -0.25) is 4.79 Å². The summed E-state index contributed by atoms with van der Waals surface area (Å²) in [6.07, 6.45) is 12.5. The van der Waals surface area contributed by atoms with Gasteiger partial charge in [0.1, 0.15) is 5.75 Å². The number of benzene rings is 1. The van der Waals surface area contributed by atoms with Crippen LogP contribution in [0.25, 0.3) is 0 Å². The molecule has 1 aromatic rings. The van der Waals surface area contributed by atoms with Crippen molar-refractivity contribution in [3.63, 3.8) is 0 Å². The van der Waals surface area contributed by atoms with Crippen LogP contribution in [0.5, 0.6) is 5.75 Å². The summed E-state index contributed by atoms with van der Waals surface area (Å²) in [5, 5.41) is 13.6. The van der Waals surface area contributed by atoms with E-state index in [1.165, 1.54) is 44.9 Å². The van der Waals surface area contributed by atoms with Crippen LogP contribution in [0.1, 0.15) is 90.0 Å². The van der Waals surface area contributed by atoms with Crippen molar-refractivity contribution >= 4 is 11.6 Å². The van der Waals surface area contributed by atoms with Crippen LogP contribution in [0, 0.1) is 0 Å². The standard InChI is InChI=1S/C21H34N2O2/c1-3-5-6-7-8-9-10-11-12-13-21(25)23-22-20(4-2)18-14-16-19(24)17-15-18/h14-17,24H,3-13H2,1-2H3,(H,23,25). The summed E-state index contributed by atoms with van der Waals surface area (Å²) in [4.78, 5) is 11.9. The predicted molar refractivity (Wildman–Crippen MR) is 105 cm³/mol. The second kappa shape index (κ2) is 13.5. The monoisotopic (exact) mass is 346 g/mol. The van der Waals surface area contributed by atoms with E-state index in [1.54, 1.807) is 12.1 Å². The molecule has 1 aromatic carbocycles. The molecule has 0 spiro atoms. The first-order valence-corrected chi connectivity index (χ1v) is 9.82. The molecule has 0 radical (unpaired) electrons. The van der Waals surface area contributed by atoms with Crippen LogP contribution in [0.3, 0.4) is 0 Å². The highest BCUT2D eigenvalue weighted by molar-refractivity contribution is 6.00. The number of hydrogen-bond donors (Lipinski definition) is 2. The van der Waals surface area contributed by atoms with Crippen LogP contribution in [0.4, 0.5) is 0 Å². The maximum absolute atomic E-state index is 11.9. The molecule has 0 aromatic heterocycles. The van der Waals surface area contributed by atoms with E-state index in [9.17, 15) is 9.90 Å². The summed E-state index contributed by atoms with van der Waals surface area (Å²) in [6.45, 7) is 4.24. The molecule has 0 aliphatic carbocycles. The van der Waals surface area contributed by atoms with Crippen LogP contribution < -0.4 is 5.43 Å². The third-order valence-electron chi connectivity index (χ3n) is 4.36.